The van der Waals surface area contributed by atoms with Gasteiger partial charge in [0.25, 0.3) is 0 Å². The van der Waals surface area contributed by atoms with Crippen LogP contribution in [0, 0.1) is 0 Å². The van der Waals surface area contributed by atoms with Crippen molar-refractivity contribution >= 4 is 0 Å². The predicted octanol–water partition coefficient (Wildman–Crippen LogP) is 2.41. The average molecular weight is 310 g/mol. The van der Waals surface area contributed by atoms with Crippen molar-refractivity contribution in [3.63, 3.8) is 0 Å². The van der Waals surface area contributed by atoms with Crippen molar-refractivity contribution in [1.82, 2.24) is 15.0 Å². The first-order valence-corrected chi connectivity index (χ1v) is 7.20. The molecule has 0 saturated carbocycles. The number of rotatable bonds is 5. The van der Waals surface area contributed by atoms with Gasteiger partial charge in [-0.2, -0.15) is 0 Å². The highest BCUT2D eigenvalue weighted by Crippen LogP contribution is 2.32. The van der Waals surface area contributed by atoms with E-state index in [4.69, 9.17) is 15.2 Å². The van der Waals surface area contributed by atoms with Crippen molar-refractivity contribution in [3.8, 4) is 28.4 Å². The number of methoxy groups -OCH3 is 2. The van der Waals surface area contributed by atoms with Crippen LogP contribution in [0.1, 0.15) is 5.69 Å². The maximum Gasteiger partial charge on any atom is 0.123 e. The molecule has 6 nitrogen and oxygen atoms in total. The molecular formula is C17H18N4O2. The molecule has 2 aromatic carbocycles. The van der Waals surface area contributed by atoms with Crippen molar-refractivity contribution in [2.24, 2.45) is 5.73 Å². The van der Waals surface area contributed by atoms with E-state index in [-0.39, 0.29) is 0 Å². The molecule has 0 bridgehead atoms. The molecule has 0 radical (unpaired) electrons. The molecule has 0 saturated heterocycles. The zero-order valence-corrected chi connectivity index (χ0v) is 13.1. The van der Waals surface area contributed by atoms with Crippen molar-refractivity contribution in [2.75, 3.05) is 14.2 Å². The third-order valence-electron chi connectivity index (χ3n) is 3.56. The van der Waals surface area contributed by atoms with E-state index in [0.717, 1.165) is 16.9 Å². The van der Waals surface area contributed by atoms with Crippen LogP contribution in [0.15, 0.2) is 48.5 Å². The summed E-state index contributed by atoms with van der Waals surface area (Å²) in [6.07, 6.45) is 0. The highest BCUT2D eigenvalue weighted by Gasteiger charge is 2.17. The Hall–Kier alpha value is -2.86. The number of ether oxygens (including phenoxy) is 2. The second kappa shape index (κ2) is 6.50. The average Bonchev–Trinajstić information content (AvgIpc) is 3.06. The van der Waals surface area contributed by atoms with Gasteiger partial charge in [0.05, 0.1) is 25.6 Å². The lowest BCUT2D eigenvalue weighted by Gasteiger charge is -2.11. The minimum absolute atomic E-state index is 0.293. The first-order chi connectivity index (χ1) is 11.3. The highest BCUT2D eigenvalue weighted by molar-refractivity contribution is 5.68. The molecule has 0 spiro atoms. The molecule has 0 aliphatic carbocycles. The van der Waals surface area contributed by atoms with Gasteiger partial charge in [0.1, 0.15) is 17.2 Å². The highest BCUT2D eigenvalue weighted by atomic mass is 16.5. The van der Waals surface area contributed by atoms with E-state index in [1.807, 2.05) is 48.5 Å². The van der Waals surface area contributed by atoms with Crippen LogP contribution in [0.3, 0.4) is 0 Å². The molecule has 0 amide bonds. The summed E-state index contributed by atoms with van der Waals surface area (Å²) < 4.78 is 12.5. The van der Waals surface area contributed by atoms with Crippen LogP contribution < -0.4 is 15.2 Å². The summed E-state index contributed by atoms with van der Waals surface area (Å²) in [5.41, 5.74) is 9.18. The van der Waals surface area contributed by atoms with E-state index in [9.17, 15) is 0 Å². The van der Waals surface area contributed by atoms with Crippen molar-refractivity contribution in [1.29, 1.82) is 0 Å². The second-order valence-electron chi connectivity index (χ2n) is 4.94. The zero-order valence-electron chi connectivity index (χ0n) is 13.1. The van der Waals surface area contributed by atoms with E-state index in [0.29, 0.717) is 23.7 Å². The Kier molecular flexibility index (Phi) is 4.25. The Morgan fingerprint density at radius 2 is 1.65 bits per heavy atom. The van der Waals surface area contributed by atoms with Gasteiger partial charge in [0.15, 0.2) is 0 Å². The van der Waals surface area contributed by atoms with Gasteiger partial charge in [0.2, 0.25) is 0 Å². The predicted molar refractivity (Wildman–Crippen MR) is 87.8 cm³/mol. The van der Waals surface area contributed by atoms with Crippen molar-refractivity contribution in [2.45, 2.75) is 6.54 Å². The molecule has 0 aliphatic rings. The molecule has 0 unspecified atom stereocenters. The normalized spacial score (nSPS) is 10.6. The summed E-state index contributed by atoms with van der Waals surface area (Å²) in [5, 5.41) is 8.45. The first-order valence-electron chi connectivity index (χ1n) is 7.20. The summed E-state index contributed by atoms with van der Waals surface area (Å²) in [4.78, 5) is 0. The minimum atomic E-state index is 0.293. The summed E-state index contributed by atoms with van der Waals surface area (Å²) in [7, 11) is 3.24. The fourth-order valence-corrected chi connectivity index (χ4v) is 2.43. The molecule has 118 valence electrons. The van der Waals surface area contributed by atoms with Crippen LogP contribution in [0.2, 0.25) is 0 Å². The quantitative estimate of drug-likeness (QED) is 0.783. The molecule has 0 atom stereocenters. The van der Waals surface area contributed by atoms with Crippen molar-refractivity contribution in [3.05, 3.63) is 54.2 Å². The number of aromatic nitrogens is 3. The van der Waals surface area contributed by atoms with Crippen LogP contribution >= 0.6 is 0 Å². The number of nitrogens with two attached hydrogens (primary N) is 1. The Bertz CT molecular complexity index is 777. The molecule has 1 heterocycles. The van der Waals surface area contributed by atoms with E-state index in [1.165, 1.54) is 0 Å². The molecule has 0 fully saturated rings. The number of para-hydroxylation sites is 1. The van der Waals surface area contributed by atoms with Crippen LogP contribution in [-0.2, 0) is 6.54 Å². The van der Waals surface area contributed by atoms with Gasteiger partial charge in [-0.1, -0.05) is 23.4 Å². The summed E-state index contributed by atoms with van der Waals surface area (Å²) in [5.74, 6) is 1.39. The maximum absolute atomic E-state index is 5.84. The number of hydrogen-bond donors (Lipinski definition) is 1. The van der Waals surface area contributed by atoms with Gasteiger partial charge in [0, 0.05) is 18.2 Å². The monoisotopic (exact) mass is 310 g/mol. The molecule has 3 aromatic rings. The fourth-order valence-electron chi connectivity index (χ4n) is 2.43. The maximum atomic E-state index is 5.84. The lowest BCUT2D eigenvalue weighted by atomic mass is 10.1. The molecule has 0 aliphatic heterocycles. The summed E-state index contributed by atoms with van der Waals surface area (Å²) in [6, 6.07) is 15.5. The van der Waals surface area contributed by atoms with E-state index in [1.54, 1.807) is 18.9 Å². The van der Waals surface area contributed by atoms with Gasteiger partial charge in [-0.15, -0.1) is 5.10 Å². The number of nitrogens with zero attached hydrogens (tertiary/aromatic N) is 3. The third-order valence-corrected chi connectivity index (χ3v) is 3.56. The molecule has 2 N–H and O–H groups in total. The Morgan fingerprint density at radius 3 is 2.22 bits per heavy atom. The molecule has 3 rings (SSSR count). The summed E-state index contributed by atoms with van der Waals surface area (Å²) >= 11 is 0. The smallest absolute Gasteiger partial charge is 0.123 e. The number of benzene rings is 2. The zero-order chi connectivity index (χ0) is 16.2. The van der Waals surface area contributed by atoms with Crippen LogP contribution in [0.25, 0.3) is 16.9 Å². The van der Waals surface area contributed by atoms with E-state index < -0.39 is 0 Å². The van der Waals surface area contributed by atoms with E-state index >= 15 is 0 Å². The lowest BCUT2D eigenvalue weighted by Crippen LogP contribution is -2.03. The van der Waals surface area contributed by atoms with Crippen LogP contribution in [0.5, 0.6) is 11.5 Å². The molecule has 1 aromatic heterocycles. The molecular weight excluding hydrogens is 292 g/mol. The minimum Gasteiger partial charge on any atom is -0.497 e. The number of hydrogen-bond acceptors (Lipinski definition) is 5. The third kappa shape index (κ3) is 2.89. The lowest BCUT2D eigenvalue weighted by molar-refractivity contribution is 0.394. The van der Waals surface area contributed by atoms with E-state index in [2.05, 4.69) is 10.3 Å². The summed E-state index contributed by atoms with van der Waals surface area (Å²) in [6.45, 7) is 0.293. The van der Waals surface area contributed by atoms with Crippen molar-refractivity contribution < 1.29 is 9.47 Å². The first kappa shape index (κ1) is 15.1. The van der Waals surface area contributed by atoms with Gasteiger partial charge >= 0.3 is 0 Å². The Morgan fingerprint density at radius 1 is 1.00 bits per heavy atom. The van der Waals surface area contributed by atoms with Gasteiger partial charge < -0.3 is 15.2 Å². The topological polar surface area (TPSA) is 75.2 Å². The SMILES string of the molecule is COc1cc(OC)cc(-c2c(CN)nnn2-c2ccccc2)c1. The Labute approximate surface area is 134 Å². The van der Waals surface area contributed by atoms with Gasteiger partial charge in [-0.3, -0.25) is 0 Å². The van der Waals surface area contributed by atoms with Gasteiger partial charge in [-0.05, 0) is 24.3 Å². The van der Waals surface area contributed by atoms with Crippen LogP contribution in [0.4, 0.5) is 0 Å². The van der Waals surface area contributed by atoms with Gasteiger partial charge in [-0.25, -0.2) is 4.68 Å². The van der Waals surface area contributed by atoms with Crippen LogP contribution in [-0.4, -0.2) is 29.2 Å². The standard InChI is InChI=1S/C17H18N4O2/c1-22-14-8-12(9-15(10-14)23-2)17-16(11-18)19-20-21(17)13-6-4-3-5-7-13/h3-10H,11,18H2,1-2H3. The molecule has 23 heavy (non-hydrogen) atoms. The second-order valence-corrected chi connectivity index (χ2v) is 4.94. The fraction of sp³-hybridized carbons (Fsp3) is 0.176. The largest absolute Gasteiger partial charge is 0.497 e. The molecule has 6 heteroatoms. The Balaban J connectivity index is 2.21.